The maximum atomic E-state index is 12.8. The van der Waals surface area contributed by atoms with Crippen LogP contribution < -0.4 is 4.90 Å². The van der Waals surface area contributed by atoms with Crippen molar-refractivity contribution in [2.24, 2.45) is 5.92 Å². The molecule has 1 fully saturated rings. The summed E-state index contributed by atoms with van der Waals surface area (Å²) < 4.78 is 38.4. The largest absolute Gasteiger partial charge is 0.393 e. The van der Waals surface area contributed by atoms with Crippen molar-refractivity contribution in [1.29, 1.82) is 5.26 Å². The number of hydrogen-bond acceptors (Lipinski definition) is 2. The fraction of sp³-hybridized carbons (Fsp3) is 0.500. The lowest BCUT2D eigenvalue weighted by Gasteiger charge is -2.35. The number of nitrogens with zero attached hydrogens (tertiary/aromatic N) is 2. The first kappa shape index (κ1) is 13.7. The zero-order valence-electron chi connectivity index (χ0n) is 10.7. The fourth-order valence-corrected chi connectivity index (χ4v) is 2.46. The lowest BCUT2D eigenvalue weighted by atomic mass is 9.96. The minimum Gasteiger partial charge on any atom is -0.370 e. The van der Waals surface area contributed by atoms with Gasteiger partial charge < -0.3 is 4.90 Å². The molecule has 1 atom stereocenters. The van der Waals surface area contributed by atoms with Crippen LogP contribution in [0, 0.1) is 24.2 Å². The molecule has 1 saturated heterocycles. The van der Waals surface area contributed by atoms with Gasteiger partial charge in [-0.05, 0) is 37.5 Å². The fourth-order valence-electron chi connectivity index (χ4n) is 2.46. The summed E-state index contributed by atoms with van der Waals surface area (Å²) in [6.45, 7) is 2.39. The third-order valence-electron chi connectivity index (χ3n) is 3.50. The van der Waals surface area contributed by atoms with Gasteiger partial charge in [0.15, 0.2) is 0 Å². The van der Waals surface area contributed by atoms with Crippen molar-refractivity contribution in [1.82, 2.24) is 0 Å². The summed E-state index contributed by atoms with van der Waals surface area (Å²) in [5.74, 6) is -1.30. The van der Waals surface area contributed by atoms with Crippen LogP contribution in [0.2, 0.25) is 0 Å². The molecule has 1 aliphatic heterocycles. The number of hydrogen-bond donors (Lipinski definition) is 0. The molecule has 1 aliphatic rings. The number of piperidine rings is 1. The van der Waals surface area contributed by atoms with E-state index in [9.17, 15) is 13.2 Å². The van der Waals surface area contributed by atoms with Crippen molar-refractivity contribution in [3.63, 3.8) is 0 Å². The topological polar surface area (TPSA) is 27.0 Å². The minimum atomic E-state index is -4.16. The molecular formula is C14H15F3N2. The summed E-state index contributed by atoms with van der Waals surface area (Å²) in [5.41, 5.74) is 2.01. The van der Waals surface area contributed by atoms with Gasteiger partial charge in [0.2, 0.25) is 0 Å². The van der Waals surface area contributed by atoms with Crippen molar-refractivity contribution < 1.29 is 13.2 Å². The molecule has 1 heterocycles. The molecule has 5 heteroatoms. The van der Waals surface area contributed by atoms with Crippen LogP contribution in [-0.4, -0.2) is 19.3 Å². The van der Waals surface area contributed by atoms with E-state index in [2.05, 4.69) is 6.07 Å². The molecule has 102 valence electrons. The molecule has 0 N–H and O–H groups in total. The number of nitriles is 1. The van der Waals surface area contributed by atoms with Crippen LogP contribution in [0.15, 0.2) is 18.2 Å². The first-order valence-corrected chi connectivity index (χ1v) is 6.24. The highest BCUT2D eigenvalue weighted by Gasteiger charge is 2.42. The molecule has 0 amide bonds. The number of rotatable bonds is 1. The van der Waals surface area contributed by atoms with Crippen LogP contribution in [0.1, 0.15) is 24.0 Å². The van der Waals surface area contributed by atoms with Gasteiger partial charge >= 0.3 is 6.18 Å². The number of alkyl halides is 3. The van der Waals surface area contributed by atoms with Crippen LogP contribution in [0.5, 0.6) is 0 Å². The number of anilines is 1. The molecule has 2 rings (SSSR count). The summed E-state index contributed by atoms with van der Waals surface area (Å²) in [4.78, 5) is 1.69. The Hall–Kier alpha value is -1.70. The Morgan fingerprint density at radius 3 is 2.74 bits per heavy atom. The molecule has 0 spiro atoms. The highest BCUT2D eigenvalue weighted by atomic mass is 19.4. The normalized spacial score (nSPS) is 20.2. The standard InChI is InChI=1S/C14H15F3N2/c1-10-4-5-11(8-18)13(7-10)19-6-2-3-12(9-19)14(15,16)17/h4-5,7,12H,2-3,6,9H2,1H3. The van der Waals surface area contributed by atoms with E-state index in [0.29, 0.717) is 24.2 Å². The zero-order chi connectivity index (χ0) is 14.0. The van der Waals surface area contributed by atoms with Crippen LogP contribution in [-0.2, 0) is 0 Å². The summed E-state index contributed by atoms with van der Waals surface area (Å²) in [6, 6.07) is 7.31. The van der Waals surface area contributed by atoms with Crippen molar-refractivity contribution in [3.8, 4) is 6.07 Å². The van der Waals surface area contributed by atoms with Crippen LogP contribution in [0.3, 0.4) is 0 Å². The zero-order valence-corrected chi connectivity index (χ0v) is 10.7. The highest BCUT2D eigenvalue weighted by molar-refractivity contribution is 5.61. The van der Waals surface area contributed by atoms with Gasteiger partial charge in [0.25, 0.3) is 0 Å². The Bertz CT molecular complexity index is 502. The van der Waals surface area contributed by atoms with Gasteiger partial charge in [-0.3, -0.25) is 0 Å². The van der Waals surface area contributed by atoms with Gasteiger partial charge in [-0.2, -0.15) is 18.4 Å². The summed E-state index contributed by atoms with van der Waals surface area (Å²) >= 11 is 0. The molecule has 0 bridgehead atoms. The smallest absolute Gasteiger partial charge is 0.370 e. The van der Waals surface area contributed by atoms with Crippen molar-refractivity contribution in [3.05, 3.63) is 29.3 Å². The van der Waals surface area contributed by atoms with Gasteiger partial charge in [0.05, 0.1) is 17.2 Å². The maximum absolute atomic E-state index is 12.8. The Kier molecular flexibility index (Phi) is 3.70. The average Bonchev–Trinajstić information content (AvgIpc) is 2.38. The predicted octanol–water partition coefficient (Wildman–Crippen LogP) is 3.65. The van der Waals surface area contributed by atoms with E-state index in [-0.39, 0.29) is 13.0 Å². The first-order valence-electron chi connectivity index (χ1n) is 6.24. The number of aryl methyl sites for hydroxylation is 1. The maximum Gasteiger partial charge on any atom is 0.393 e. The summed E-state index contributed by atoms with van der Waals surface area (Å²) in [6.07, 6.45) is -3.48. The second kappa shape index (κ2) is 5.12. The van der Waals surface area contributed by atoms with Gasteiger partial charge in [-0.15, -0.1) is 0 Å². The van der Waals surface area contributed by atoms with E-state index in [4.69, 9.17) is 5.26 Å². The monoisotopic (exact) mass is 268 g/mol. The van der Waals surface area contributed by atoms with E-state index in [0.717, 1.165) is 5.56 Å². The van der Waals surface area contributed by atoms with Gasteiger partial charge in [0, 0.05) is 13.1 Å². The van der Waals surface area contributed by atoms with E-state index >= 15 is 0 Å². The molecule has 0 aromatic heterocycles. The lowest BCUT2D eigenvalue weighted by molar-refractivity contribution is -0.175. The average molecular weight is 268 g/mol. The molecule has 0 aliphatic carbocycles. The van der Waals surface area contributed by atoms with Crippen molar-refractivity contribution >= 4 is 5.69 Å². The SMILES string of the molecule is Cc1ccc(C#N)c(N2CCCC(C(F)(F)F)C2)c1. The Morgan fingerprint density at radius 1 is 1.37 bits per heavy atom. The Labute approximate surface area is 110 Å². The first-order chi connectivity index (χ1) is 8.91. The van der Waals surface area contributed by atoms with Gasteiger partial charge in [0.1, 0.15) is 6.07 Å². The second-order valence-corrected chi connectivity index (χ2v) is 4.96. The molecule has 0 radical (unpaired) electrons. The highest BCUT2D eigenvalue weighted by Crippen LogP contribution is 2.35. The number of halogens is 3. The lowest BCUT2D eigenvalue weighted by Crippen LogP contribution is -2.42. The quantitative estimate of drug-likeness (QED) is 0.777. The molecule has 0 saturated carbocycles. The third kappa shape index (κ3) is 3.01. The van der Waals surface area contributed by atoms with Crippen molar-refractivity contribution in [2.75, 3.05) is 18.0 Å². The van der Waals surface area contributed by atoms with E-state index in [1.165, 1.54) is 0 Å². The molecule has 2 nitrogen and oxygen atoms in total. The Morgan fingerprint density at radius 2 is 2.11 bits per heavy atom. The predicted molar refractivity (Wildman–Crippen MR) is 66.9 cm³/mol. The van der Waals surface area contributed by atoms with E-state index in [1.54, 1.807) is 23.1 Å². The molecular weight excluding hydrogens is 253 g/mol. The van der Waals surface area contributed by atoms with Gasteiger partial charge in [-0.25, -0.2) is 0 Å². The van der Waals surface area contributed by atoms with Crippen molar-refractivity contribution in [2.45, 2.75) is 25.9 Å². The summed E-state index contributed by atoms with van der Waals surface area (Å²) in [5, 5.41) is 9.07. The second-order valence-electron chi connectivity index (χ2n) is 4.96. The Balaban J connectivity index is 2.27. The molecule has 1 unspecified atom stereocenters. The van der Waals surface area contributed by atoms with E-state index < -0.39 is 12.1 Å². The third-order valence-corrected chi connectivity index (χ3v) is 3.50. The van der Waals surface area contributed by atoms with Gasteiger partial charge in [-0.1, -0.05) is 6.07 Å². The van der Waals surface area contributed by atoms with Crippen LogP contribution in [0.25, 0.3) is 0 Å². The van der Waals surface area contributed by atoms with Crippen LogP contribution >= 0.6 is 0 Å². The number of benzene rings is 1. The van der Waals surface area contributed by atoms with Crippen LogP contribution in [0.4, 0.5) is 18.9 Å². The van der Waals surface area contributed by atoms with E-state index in [1.807, 2.05) is 6.92 Å². The molecule has 1 aromatic carbocycles. The molecule has 19 heavy (non-hydrogen) atoms. The molecule has 1 aromatic rings. The summed E-state index contributed by atoms with van der Waals surface area (Å²) in [7, 11) is 0. The minimum absolute atomic E-state index is 0.0539.